The second-order valence-electron chi connectivity index (χ2n) is 6.62. The van der Waals surface area contributed by atoms with Crippen LogP contribution in [-0.4, -0.2) is 29.7 Å². The van der Waals surface area contributed by atoms with Gasteiger partial charge in [-0.25, -0.2) is 4.79 Å². The third-order valence-electron chi connectivity index (χ3n) is 3.70. The van der Waals surface area contributed by atoms with Crippen molar-refractivity contribution in [1.29, 1.82) is 0 Å². The number of benzene rings is 1. The Morgan fingerprint density at radius 1 is 1.30 bits per heavy atom. The molecule has 1 atom stereocenters. The minimum Gasteiger partial charge on any atom is -0.444 e. The van der Waals surface area contributed by atoms with Gasteiger partial charge in [0.05, 0.1) is 0 Å². The highest BCUT2D eigenvalue weighted by atomic mass is 16.6. The molecule has 0 saturated carbocycles. The molecule has 0 aliphatic carbocycles. The van der Waals surface area contributed by atoms with Crippen LogP contribution in [0, 0.1) is 6.92 Å². The largest absolute Gasteiger partial charge is 0.444 e. The van der Waals surface area contributed by atoms with Gasteiger partial charge < -0.3 is 9.64 Å². The van der Waals surface area contributed by atoms with E-state index < -0.39 is 5.60 Å². The van der Waals surface area contributed by atoms with Crippen LogP contribution in [0.25, 0.3) is 0 Å². The van der Waals surface area contributed by atoms with Gasteiger partial charge in [0, 0.05) is 19.0 Å². The molecule has 1 aromatic rings. The van der Waals surface area contributed by atoms with E-state index in [2.05, 4.69) is 31.2 Å². The molecule has 0 aromatic heterocycles. The van der Waals surface area contributed by atoms with Gasteiger partial charge in [-0.05, 0) is 51.7 Å². The third-order valence-corrected chi connectivity index (χ3v) is 3.70. The van der Waals surface area contributed by atoms with Crippen molar-refractivity contribution >= 4 is 6.09 Å². The summed E-state index contributed by atoms with van der Waals surface area (Å²) in [7, 11) is 0. The molecule has 1 heterocycles. The summed E-state index contributed by atoms with van der Waals surface area (Å²) >= 11 is 0. The lowest BCUT2D eigenvalue weighted by Gasteiger charge is -2.34. The Kier molecular flexibility index (Phi) is 4.36. The number of nitrogens with zero attached hydrogens (tertiary/aromatic N) is 1. The summed E-state index contributed by atoms with van der Waals surface area (Å²) in [5, 5.41) is 0. The monoisotopic (exact) mass is 275 g/mol. The fourth-order valence-electron chi connectivity index (χ4n) is 2.77. The van der Waals surface area contributed by atoms with Crippen molar-refractivity contribution in [1.82, 2.24) is 4.90 Å². The molecule has 1 aromatic carbocycles. The summed E-state index contributed by atoms with van der Waals surface area (Å²) in [5.41, 5.74) is 2.25. The quantitative estimate of drug-likeness (QED) is 0.772. The van der Waals surface area contributed by atoms with Crippen molar-refractivity contribution in [3.05, 3.63) is 35.4 Å². The second kappa shape index (κ2) is 5.86. The van der Waals surface area contributed by atoms with Crippen molar-refractivity contribution in [2.75, 3.05) is 13.1 Å². The first kappa shape index (κ1) is 14.9. The molecule has 1 unspecified atom stereocenters. The highest BCUT2D eigenvalue weighted by molar-refractivity contribution is 5.68. The van der Waals surface area contributed by atoms with Crippen molar-refractivity contribution < 1.29 is 9.53 Å². The zero-order valence-electron chi connectivity index (χ0n) is 13.0. The Balaban J connectivity index is 2.06. The fraction of sp³-hybridized carbons (Fsp3) is 0.588. The maximum atomic E-state index is 12.2. The average Bonchev–Trinajstić information content (AvgIpc) is 2.37. The van der Waals surface area contributed by atoms with Crippen LogP contribution in [0.5, 0.6) is 0 Å². The zero-order chi connectivity index (χ0) is 14.8. The SMILES string of the molecule is Cc1ccccc1C1CCCN(C(=O)OC(C)(C)C)C1. The molecule has 20 heavy (non-hydrogen) atoms. The number of aryl methyl sites for hydroxylation is 1. The van der Waals surface area contributed by atoms with Crippen molar-refractivity contribution in [2.45, 2.75) is 52.1 Å². The number of piperidine rings is 1. The summed E-state index contributed by atoms with van der Waals surface area (Å²) in [4.78, 5) is 14.0. The van der Waals surface area contributed by atoms with Gasteiger partial charge in [-0.2, -0.15) is 0 Å². The maximum Gasteiger partial charge on any atom is 0.410 e. The van der Waals surface area contributed by atoms with E-state index in [4.69, 9.17) is 4.74 Å². The van der Waals surface area contributed by atoms with Gasteiger partial charge in [0.1, 0.15) is 5.60 Å². The van der Waals surface area contributed by atoms with Crippen LogP contribution in [0.3, 0.4) is 0 Å². The van der Waals surface area contributed by atoms with Crippen molar-refractivity contribution in [3.8, 4) is 0 Å². The molecule has 1 fully saturated rings. The molecule has 0 spiro atoms. The molecular weight excluding hydrogens is 250 g/mol. The number of amides is 1. The lowest BCUT2D eigenvalue weighted by atomic mass is 9.88. The van der Waals surface area contributed by atoms with E-state index >= 15 is 0 Å². The first-order valence-corrected chi connectivity index (χ1v) is 7.40. The molecule has 1 saturated heterocycles. The van der Waals surface area contributed by atoms with Gasteiger partial charge in [0.2, 0.25) is 0 Å². The van der Waals surface area contributed by atoms with Gasteiger partial charge in [-0.1, -0.05) is 24.3 Å². The molecule has 1 amide bonds. The molecule has 3 heteroatoms. The van der Waals surface area contributed by atoms with Crippen LogP contribution >= 0.6 is 0 Å². The molecule has 0 N–H and O–H groups in total. The Morgan fingerprint density at radius 2 is 2.00 bits per heavy atom. The van der Waals surface area contributed by atoms with Crippen molar-refractivity contribution in [3.63, 3.8) is 0 Å². The Hall–Kier alpha value is -1.51. The van der Waals surface area contributed by atoms with Crippen LogP contribution in [-0.2, 0) is 4.74 Å². The van der Waals surface area contributed by atoms with E-state index in [-0.39, 0.29) is 6.09 Å². The smallest absolute Gasteiger partial charge is 0.410 e. The Morgan fingerprint density at radius 3 is 2.65 bits per heavy atom. The number of carbonyl (C=O) groups excluding carboxylic acids is 1. The van der Waals surface area contributed by atoms with E-state index in [1.54, 1.807) is 0 Å². The number of hydrogen-bond acceptors (Lipinski definition) is 2. The van der Waals surface area contributed by atoms with Gasteiger partial charge in [-0.15, -0.1) is 0 Å². The summed E-state index contributed by atoms with van der Waals surface area (Å²) in [5.74, 6) is 0.428. The van der Waals surface area contributed by atoms with E-state index in [0.717, 1.165) is 25.9 Å². The normalized spacial score (nSPS) is 19.8. The summed E-state index contributed by atoms with van der Waals surface area (Å²) < 4.78 is 5.48. The molecule has 3 nitrogen and oxygen atoms in total. The number of rotatable bonds is 1. The number of hydrogen-bond donors (Lipinski definition) is 0. The Bertz CT molecular complexity index is 476. The second-order valence-corrected chi connectivity index (χ2v) is 6.62. The summed E-state index contributed by atoms with van der Waals surface area (Å²) in [6, 6.07) is 8.46. The first-order valence-electron chi connectivity index (χ1n) is 7.40. The van der Waals surface area contributed by atoms with Crippen LogP contribution in [0.4, 0.5) is 4.79 Å². The highest BCUT2D eigenvalue weighted by Gasteiger charge is 2.28. The summed E-state index contributed by atoms with van der Waals surface area (Å²) in [6.07, 6.45) is 2.00. The average molecular weight is 275 g/mol. The molecule has 110 valence electrons. The van der Waals surface area contributed by atoms with E-state index in [1.165, 1.54) is 11.1 Å². The van der Waals surface area contributed by atoms with Gasteiger partial charge in [0.15, 0.2) is 0 Å². The molecule has 0 bridgehead atoms. The minimum absolute atomic E-state index is 0.184. The summed E-state index contributed by atoms with van der Waals surface area (Å²) in [6.45, 7) is 9.44. The molecule has 0 radical (unpaired) electrons. The molecule has 1 aliphatic heterocycles. The van der Waals surface area contributed by atoms with E-state index in [0.29, 0.717) is 5.92 Å². The van der Waals surface area contributed by atoms with Crippen LogP contribution in [0.1, 0.15) is 50.7 Å². The standard InChI is InChI=1S/C17H25NO2/c1-13-8-5-6-10-15(13)14-9-7-11-18(12-14)16(19)20-17(2,3)4/h5-6,8,10,14H,7,9,11-12H2,1-4H3. The van der Waals surface area contributed by atoms with Crippen LogP contribution in [0.2, 0.25) is 0 Å². The van der Waals surface area contributed by atoms with Gasteiger partial charge in [0.25, 0.3) is 0 Å². The maximum absolute atomic E-state index is 12.2. The van der Waals surface area contributed by atoms with E-state index in [1.807, 2.05) is 25.7 Å². The number of ether oxygens (including phenoxy) is 1. The van der Waals surface area contributed by atoms with E-state index in [9.17, 15) is 4.79 Å². The number of carbonyl (C=O) groups is 1. The van der Waals surface area contributed by atoms with Gasteiger partial charge in [-0.3, -0.25) is 0 Å². The highest BCUT2D eigenvalue weighted by Crippen LogP contribution is 2.29. The number of likely N-dealkylation sites (tertiary alicyclic amines) is 1. The van der Waals surface area contributed by atoms with Crippen molar-refractivity contribution in [2.24, 2.45) is 0 Å². The van der Waals surface area contributed by atoms with Crippen LogP contribution in [0.15, 0.2) is 24.3 Å². The van der Waals surface area contributed by atoms with Gasteiger partial charge >= 0.3 is 6.09 Å². The fourth-order valence-corrected chi connectivity index (χ4v) is 2.77. The molecule has 1 aliphatic rings. The molecular formula is C17H25NO2. The lowest BCUT2D eigenvalue weighted by Crippen LogP contribution is -2.42. The molecule has 2 rings (SSSR count). The Labute approximate surface area is 121 Å². The predicted molar refractivity (Wildman–Crippen MR) is 81.0 cm³/mol. The van der Waals surface area contributed by atoms with Crippen LogP contribution < -0.4 is 0 Å². The third kappa shape index (κ3) is 3.75. The first-order chi connectivity index (χ1) is 9.37. The predicted octanol–water partition coefficient (Wildman–Crippen LogP) is 4.11. The zero-order valence-corrected chi connectivity index (χ0v) is 13.0. The minimum atomic E-state index is -0.424. The lowest BCUT2D eigenvalue weighted by molar-refractivity contribution is 0.0198. The topological polar surface area (TPSA) is 29.5 Å².